The zero-order valence-electron chi connectivity index (χ0n) is 24.2. The van der Waals surface area contributed by atoms with E-state index in [2.05, 4.69) is 16.0 Å². The zero-order valence-corrected chi connectivity index (χ0v) is 24.2. The zero-order chi connectivity index (χ0) is 29.6. The molecule has 2 aromatic carbocycles. The molecule has 3 N–H and O–H groups in total. The van der Waals surface area contributed by atoms with Gasteiger partial charge in [0.1, 0.15) is 36.8 Å². The van der Waals surface area contributed by atoms with Crippen LogP contribution >= 0.6 is 0 Å². The van der Waals surface area contributed by atoms with Crippen LogP contribution < -0.4 is 25.4 Å². The summed E-state index contributed by atoms with van der Waals surface area (Å²) in [6.45, 7) is 7.40. The van der Waals surface area contributed by atoms with Gasteiger partial charge in [0.25, 0.3) is 5.91 Å². The normalized spacial score (nSPS) is 18.4. The lowest BCUT2D eigenvalue weighted by Crippen LogP contribution is -2.54. The lowest BCUT2D eigenvalue weighted by atomic mass is 10.0. The van der Waals surface area contributed by atoms with E-state index in [0.717, 1.165) is 12.8 Å². The van der Waals surface area contributed by atoms with Crippen LogP contribution in [0.1, 0.15) is 56.8 Å². The maximum Gasteiger partial charge on any atom is 0.255 e. The molecule has 0 aromatic heterocycles. The topological polar surface area (TPSA) is 126 Å². The quantitative estimate of drug-likeness (QED) is 0.380. The third kappa shape index (κ3) is 10.1. The Morgan fingerprint density at radius 3 is 2.54 bits per heavy atom. The van der Waals surface area contributed by atoms with Gasteiger partial charge in [-0.3, -0.25) is 19.2 Å². The number of ether oxygens (including phenoxy) is 2. The minimum atomic E-state index is -1.18. The lowest BCUT2D eigenvalue weighted by Gasteiger charge is -2.30. The highest BCUT2D eigenvalue weighted by atomic mass is 16.5. The van der Waals surface area contributed by atoms with E-state index in [0.29, 0.717) is 31.0 Å². The molecule has 2 atom stereocenters. The molecular formula is C31H42N4O6. The Balaban J connectivity index is 1.81. The third-order valence-corrected chi connectivity index (χ3v) is 6.61. The number of carbonyl (C=O) groups is 4. The minimum Gasteiger partial charge on any atom is -0.492 e. The third-order valence-electron chi connectivity index (χ3n) is 6.61. The molecule has 0 saturated carbocycles. The van der Waals surface area contributed by atoms with Crippen LogP contribution in [0, 0.1) is 5.92 Å². The van der Waals surface area contributed by atoms with Gasteiger partial charge in [0.05, 0.1) is 25.1 Å². The first-order valence-corrected chi connectivity index (χ1v) is 14.3. The molecule has 2 aromatic rings. The number of rotatable bonds is 10. The summed E-state index contributed by atoms with van der Waals surface area (Å²) in [5.74, 6) is -0.612. The number of amides is 4. The maximum atomic E-state index is 13.6. The standard InChI is InChI=1S/C31H42N4O6/c1-4-5-16-35-17-19-41-27-14-10-9-13-24(27)29(37)34-25(21-28(36)33-26(31(35)39)20-22(2)3)30(38)32-15-18-40-23-11-7-6-8-12-23/h6-14,22,25-26H,4-5,15-21H2,1-3H3,(H,32,38)(H,33,36)(H,34,37)/t25-,26-/m0/s1. The molecule has 4 amide bonds. The van der Waals surface area contributed by atoms with Crippen LogP contribution in [0.5, 0.6) is 11.5 Å². The fraction of sp³-hybridized carbons (Fsp3) is 0.484. The highest BCUT2D eigenvalue weighted by Crippen LogP contribution is 2.19. The summed E-state index contributed by atoms with van der Waals surface area (Å²) in [5.41, 5.74) is 0.235. The Morgan fingerprint density at radius 1 is 1.07 bits per heavy atom. The molecule has 0 aliphatic carbocycles. The highest BCUT2D eigenvalue weighted by Gasteiger charge is 2.31. The SMILES string of the molecule is CCCCN1CCOc2ccccc2C(=O)N[C@H](C(=O)NCCOc2ccccc2)CC(=O)N[C@@H](CC(C)C)C1=O. The Hall–Kier alpha value is -4.08. The molecule has 0 fully saturated rings. The van der Waals surface area contributed by atoms with Crippen molar-refractivity contribution in [3.8, 4) is 11.5 Å². The fourth-order valence-electron chi connectivity index (χ4n) is 4.51. The van der Waals surface area contributed by atoms with E-state index in [1.165, 1.54) is 0 Å². The number of para-hydroxylation sites is 2. The number of hydrogen-bond acceptors (Lipinski definition) is 6. The van der Waals surface area contributed by atoms with Crippen LogP contribution in [0.15, 0.2) is 54.6 Å². The molecule has 0 bridgehead atoms. The van der Waals surface area contributed by atoms with Crippen molar-refractivity contribution in [1.29, 1.82) is 0 Å². The molecule has 3 rings (SSSR count). The maximum absolute atomic E-state index is 13.6. The molecular weight excluding hydrogens is 524 g/mol. The molecule has 1 aliphatic rings. The van der Waals surface area contributed by atoms with Gasteiger partial charge >= 0.3 is 0 Å². The molecule has 222 valence electrons. The summed E-state index contributed by atoms with van der Waals surface area (Å²) in [6, 6.07) is 14.0. The smallest absolute Gasteiger partial charge is 0.255 e. The molecule has 1 heterocycles. The largest absolute Gasteiger partial charge is 0.492 e. The molecule has 0 radical (unpaired) electrons. The van der Waals surface area contributed by atoms with E-state index in [1.54, 1.807) is 29.2 Å². The number of nitrogens with one attached hydrogen (secondary N) is 3. The van der Waals surface area contributed by atoms with Gasteiger partial charge in [-0.1, -0.05) is 57.5 Å². The van der Waals surface area contributed by atoms with Crippen molar-refractivity contribution >= 4 is 23.6 Å². The van der Waals surface area contributed by atoms with E-state index in [-0.39, 0.29) is 43.6 Å². The Kier molecular flexibility index (Phi) is 12.5. The van der Waals surface area contributed by atoms with E-state index < -0.39 is 29.8 Å². The van der Waals surface area contributed by atoms with Crippen LogP contribution in [0.2, 0.25) is 0 Å². The van der Waals surface area contributed by atoms with E-state index in [4.69, 9.17) is 9.47 Å². The molecule has 0 unspecified atom stereocenters. The summed E-state index contributed by atoms with van der Waals surface area (Å²) in [4.78, 5) is 55.0. The van der Waals surface area contributed by atoms with E-state index >= 15 is 0 Å². The average Bonchev–Trinajstić information content (AvgIpc) is 2.96. The Labute approximate surface area is 242 Å². The first kappa shape index (κ1) is 31.4. The number of nitrogens with zero attached hydrogens (tertiary/aromatic N) is 1. The highest BCUT2D eigenvalue weighted by molar-refractivity contribution is 6.01. The monoisotopic (exact) mass is 566 g/mol. The van der Waals surface area contributed by atoms with Gasteiger partial charge < -0.3 is 30.3 Å². The minimum absolute atomic E-state index is 0.141. The summed E-state index contributed by atoms with van der Waals surface area (Å²) in [5, 5.41) is 8.27. The molecule has 1 aliphatic heterocycles. The van der Waals surface area contributed by atoms with E-state index in [1.807, 2.05) is 51.1 Å². The summed E-state index contributed by atoms with van der Waals surface area (Å²) < 4.78 is 11.6. The van der Waals surface area contributed by atoms with Gasteiger partial charge in [0.2, 0.25) is 17.7 Å². The van der Waals surface area contributed by atoms with Crippen LogP contribution in [-0.2, 0) is 14.4 Å². The number of carbonyl (C=O) groups excluding carboxylic acids is 4. The molecule has 0 saturated heterocycles. The fourth-order valence-corrected chi connectivity index (χ4v) is 4.51. The van der Waals surface area contributed by atoms with Crippen molar-refractivity contribution < 1.29 is 28.7 Å². The number of unbranched alkanes of at least 4 members (excludes halogenated alkanes) is 1. The average molecular weight is 567 g/mol. The van der Waals surface area contributed by atoms with Crippen molar-refractivity contribution in [2.75, 3.05) is 32.8 Å². The van der Waals surface area contributed by atoms with E-state index in [9.17, 15) is 19.2 Å². The lowest BCUT2D eigenvalue weighted by molar-refractivity contribution is -0.137. The molecule has 10 heteroatoms. The molecule has 0 spiro atoms. The molecule has 41 heavy (non-hydrogen) atoms. The summed E-state index contributed by atoms with van der Waals surface area (Å²) in [6.07, 6.45) is 1.82. The predicted octanol–water partition coefficient (Wildman–Crippen LogP) is 2.92. The number of hydrogen-bond donors (Lipinski definition) is 3. The summed E-state index contributed by atoms with van der Waals surface area (Å²) in [7, 11) is 0. The summed E-state index contributed by atoms with van der Waals surface area (Å²) >= 11 is 0. The van der Waals surface area contributed by atoms with Gasteiger partial charge in [-0.2, -0.15) is 0 Å². The van der Waals surface area contributed by atoms with Gasteiger partial charge in [-0.25, -0.2) is 0 Å². The van der Waals surface area contributed by atoms with Crippen molar-refractivity contribution in [3.05, 3.63) is 60.2 Å². The van der Waals surface area contributed by atoms with Crippen LogP contribution in [-0.4, -0.2) is 73.5 Å². The first-order valence-electron chi connectivity index (χ1n) is 14.3. The predicted molar refractivity (Wildman–Crippen MR) is 156 cm³/mol. The van der Waals surface area contributed by atoms with Gasteiger partial charge in [0, 0.05) is 6.54 Å². The second kappa shape index (κ2) is 16.2. The van der Waals surface area contributed by atoms with Gasteiger partial charge in [-0.05, 0) is 43.0 Å². The van der Waals surface area contributed by atoms with Crippen molar-refractivity contribution in [2.24, 2.45) is 5.92 Å². The van der Waals surface area contributed by atoms with Crippen LogP contribution in [0.4, 0.5) is 0 Å². The van der Waals surface area contributed by atoms with Crippen molar-refractivity contribution in [1.82, 2.24) is 20.9 Å². The van der Waals surface area contributed by atoms with Crippen molar-refractivity contribution in [3.63, 3.8) is 0 Å². The molecule has 10 nitrogen and oxygen atoms in total. The van der Waals surface area contributed by atoms with Crippen LogP contribution in [0.3, 0.4) is 0 Å². The number of benzene rings is 2. The Morgan fingerprint density at radius 2 is 1.80 bits per heavy atom. The van der Waals surface area contributed by atoms with Crippen molar-refractivity contribution in [2.45, 2.75) is 58.5 Å². The second-order valence-corrected chi connectivity index (χ2v) is 10.5. The number of fused-ring (bicyclic) bond motifs is 1. The Bertz CT molecular complexity index is 1160. The van der Waals surface area contributed by atoms with Gasteiger partial charge in [-0.15, -0.1) is 0 Å². The van der Waals surface area contributed by atoms with Gasteiger partial charge in [0.15, 0.2) is 0 Å². The second-order valence-electron chi connectivity index (χ2n) is 10.5. The first-order chi connectivity index (χ1) is 19.8. The van der Waals surface area contributed by atoms with Crippen LogP contribution in [0.25, 0.3) is 0 Å².